The Morgan fingerprint density at radius 3 is 2.71 bits per heavy atom. The summed E-state index contributed by atoms with van der Waals surface area (Å²) in [5.74, 6) is -0.723. The van der Waals surface area contributed by atoms with Gasteiger partial charge in [-0.25, -0.2) is 4.79 Å². The topological polar surface area (TPSA) is 99.1 Å². The lowest BCUT2D eigenvalue weighted by molar-refractivity contribution is -0.135. The molecular formula is C14H16N4O3. The Morgan fingerprint density at radius 2 is 2.05 bits per heavy atom. The minimum atomic E-state index is -0.650. The predicted octanol–water partition coefficient (Wildman–Crippen LogP) is -0.224. The number of imidazole rings is 1. The molecule has 3 N–H and O–H groups in total. The van der Waals surface area contributed by atoms with Gasteiger partial charge in [-0.05, 0) is 24.1 Å². The van der Waals surface area contributed by atoms with Crippen molar-refractivity contribution in [3.8, 4) is 0 Å². The summed E-state index contributed by atoms with van der Waals surface area (Å²) in [6, 6.07) is 4.83. The fourth-order valence-corrected chi connectivity index (χ4v) is 2.77. The van der Waals surface area contributed by atoms with E-state index in [1.165, 1.54) is 9.13 Å². The van der Waals surface area contributed by atoms with Crippen molar-refractivity contribution in [2.24, 2.45) is 12.8 Å². The van der Waals surface area contributed by atoms with E-state index in [2.05, 4.69) is 5.32 Å². The van der Waals surface area contributed by atoms with Crippen LogP contribution in [0.1, 0.15) is 24.4 Å². The minimum Gasteiger partial charge on any atom is -0.326 e. The molecule has 1 aliphatic heterocycles. The molecule has 3 rings (SSSR count). The summed E-state index contributed by atoms with van der Waals surface area (Å²) in [5, 5.41) is 2.28. The smallest absolute Gasteiger partial charge is 0.326 e. The van der Waals surface area contributed by atoms with Crippen molar-refractivity contribution in [1.82, 2.24) is 14.5 Å². The average Bonchev–Trinajstić information content (AvgIpc) is 2.71. The Hall–Kier alpha value is -2.41. The number of fused-ring (bicyclic) bond motifs is 1. The lowest BCUT2D eigenvalue weighted by Gasteiger charge is -2.21. The molecule has 1 saturated heterocycles. The molecule has 1 aromatic carbocycles. The molecule has 2 heterocycles. The van der Waals surface area contributed by atoms with Gasteiger partial charge < -0.3 is 5.73 Å². The molecular weight excluding hydrogens is 272 g/mol. The average molecular weight is 288 g/mol. The standard InChI is InChI=1S/C14H16N4O3/c1-17-11-6-8(7-15)2-3-9(11)18(14(17)21)10-4-5-12(19)16-13(10)20/h2-3,6,10H,4-5,7,15H2,1H3,(H,16,19,20). The van der Waals surface area contributed by atoms with Crippen LogP contribution < -0.4 is 16.7 Å². The van der Waals surface area contributed by atoms with Crippen LogP contribution in [0.4, 0.5) is 0 Å². The van der Waals surface area contributed by atoms with E-state index >= 15 is 0 Å². The number of rotatable bonds is 2. The first-order chi connectivity index (χ1) is 10.0. The summed E-state index contributed by atoms with van der Waals surface area (Å²) in [5.41, 5.74) is 7.67. The SMILES string of the molecule is Cn1c(=O)n(C2CCC(=O)NC2=O)c2ccc(CN)cc21. The monoisotopic (exact) mass is 288 g/mol. The second kappa shape index (κ2) is 4.85. The van der Waals surface area contributed by atoms with Gasteiger partial charge in [0.1, 0.15) is 6.04 Å². The number of carbonyl (C=O) groups is 2. The van der Waals surface area contributed by atoms with Crippen LogP contribution in [0.5, 0.6) is 0 Å². The Morgan fingerprint density at radius 1 is 1.29 bits per heavy atom. The molecule has 0 radical (unpaired) electrons. The molecule has 21 heavy (non-hydrogen) atoms. The van der Waals surface area contributed by atoms with Crippen LogP contribution in [-0.4, -0.2) is 20.9 Å². The molecule has 0 aliphatic carbocycles. The van der Waals surface area contributed by atoms with Crippen molar-refractivity contribution in [3.05, 3.63) is 34.2 Å². The Labute approximate surface area is 120 Å². The number of aryl methyl sites for hydroxylation is 1. The van der Waals surface area contributed by atoms with Gasteiger partial charge in [0, 0.05) is 20.0 Å². The third-order valence-corrected chi connectivity index (χ3v) is 3.91. The highest BCUT2D eigenvalue weighted by atomic mass is 16.2. The molecule has 2 amide bonds. The van der Waals surface area contributed by atoms with Crippen LogP contribution in [0, 0.1) is 0 Å². The predicted molar refractivity (Wildman–Crippen MR) is 76.5 cm³/mol. The van der Waals surface area contributed by atoms with Gasteiger partial charge >= 0.3 is 5.69 Å². The lowest BCUT2D eigenvalue weighted by atomic mass is 10.1. The molecule has 0 bridgehead atoms. The Bertz CT molecular complexity index is 802. The van der Waals surface area contributed by atoms with Crippen LogP contribution in [-0.2, 0) is 23.2 Å². The molecule has 1 aliphatic rings. The number of amides is 2. The number of nitrogens with two attached hydrogens (primary N) is 1. The first-order valence-corrected chi connectivity index (χ1v) is 6.76. The number of hydrogen-bond acceptors (Lipinski definition) is 4. The highest BCUT2D eigenvalue weighted by molar-refractivity contribution is 6.00. The fraction of sp³-hybridized carbons (Fsp3) is 0.357. The molecule has 7 heteroatoms. The summed E-state index contributed by atoms with van der Waals surface area (Å²) in [6.45, 7) is 0.383. The van der Waals surface area contributed by atoms with Crippen LogP contribution in [0.3, 0.4) is 0 Å². The van der Waals surface area contributed by atoms with Gasteiger partial charge in [0.25, 0.3) is 0 Å². The van der Waals surface area contributed by atoms with E-state index in [0.29, 0.717) is 18.5 Å². The normalized spacial score (nSPS) is 19.0. The second-order valence-corrected chi connectivity index (χ2v) is 5.21. The van der Waals surface area contributed by atoms with Crippen molar-refractivity contribution < 1.29 is 9.59 Å². The van der Waals surface area contributed by atoms with Crippen LogP contribution in [0.25, 0.3) is 11.0 Å². The third-order valence-electron chi connectivity index (χ3n) is 3.91. The zero-order chi connectivity index (χ0) is 15.1. The van der Waals surface area contributed by atoms with E-state index in [-0.39, 0.29) is 18.0 Å². The van der Waals surface area contributed by atoms with Crippen molar-refractivity contribution in [3.63, 3.8) is 0 Å². The quantitative estimate of drug-likeness (QED) is 0.746. The largest absolute Gasteiger partial charge is 0.329 e. The van der Waals surface area contributed by atoms with Gasteiger partial charge in [0.15, 0.2) is 0 Å². The van der Waals surface area contributed by atoms with Crippen LogP contribution >= 0.6 is 0 Å². The number of benzene rings is 1. The first kappa shape index (κ1) is 13.6. The van der Waals surface area contributed by atoms with Crippen LogP contribution in [0.15, 0.2) is 23.0 Å². The number of piperidine rings is 1. The number of carbonyl (C=O) groups excluding carboxylic acids is 2. The van der Waals surface area contributed by atoms with Crippen LogP contribution in [0.2, 0.25) is 0 Å². The van der Waals surface area contributed by atoms with Gasteiger partial charge in [-0.3, -0.25) is 24.0 Å². The maximum absolute atomic E-state index is 12.4. The molecule has 1 fully saturated rings. The second-order valence-electron chi connectivity index (χ2n) is 5.21. The maximum Gasteiger partial charge on any atom is 0.329 e. The molecule has 1 atom stereocenters. The van der Waals surface area contributed by atoms with Crippen molar-refractivity contribution in [1.29, 1.82) is 0 Å². The Balaban J connectivity index is 2.19. The highest BCUT2D eigenvalue weighted by Crippen LogP contribution is 2.23. The number of hydrogen-bond donors (Lipinski definition) is 2. The van der Waals surface area contributed by atoms with E-state index in [1.54, 1.807) is 13.1 Å². The first-order valence-electron chi connectivity index (χ1n) is 6.76. The Kier molecular flexibility index (Phi) is 3.13. The van der Waals surface area contributed by atoms with E-state index < -0.39 is 11.9 Å². The van der Waals surface area contributed by atoms with Crippen molar-refractivity contribution in [2.75, 3.05) is 0 Å². The fourth-order valence-electron chi connectivity index (χ4n) is 2.77. The van der Waals surface area contributed by atoms with E-state index in [9.17, 15) is 14.4 Å². The van der Waals surface area contributed by atoms with Gasteiger partial charge in [-0.1, -0.05) is 6.07 Å². The van der Waals surface area contributed by atoms with Gasteiger partial charge in [0.05, 0.1) is 11.0 Å². The number of aromatic nitrogens is 2. The molecule has 0 spiro atoms. The third kappa shape index (κ3) is 2.06. The molecule has 2 aromatic rings. The maximum atomic E-state index is 12.4. The van der Waals surface area contributed by atoms with Crippen molar-refractivity contribution >= 4 is 22.8 Å². The highest BCUT2D eigenvalue weighted by Gasteiger charge is 2.31. The lowest BCUT2D eigenvalue weighted by Crippen LogP contribution is -2.44. The summed E-state index contributed by atoms with van der Waals surface area (Å²) in [7, 11) is 1.66. The molecule has 110 valence electrons. The molecule has 7 nitrogen and oxygen atoms in total. The van der Waals surface area contributed by atoms with Gasteiger partial charge in [0.2, 0.25) is 11.8 Å². The number of nitrogens with one attached hydrogen (secondary N) is 1. The summed E-state index contributed by atoms with van der Waals surface area (Å²) in [6.07, 6.45) is 0.572. The number of nitrogens with zero attached hydrogens (tertiary/aromatic N) is 2. The zero-order valence-electron chi connectivity index (χ0n) is 11.6. The molecule has 1 aromatic heterocycles. The van der Waals surface area contributed by atoms with Gasteiger partial charge in [-0.15, -0.1) is 0 Å². The minimum absolute atomic E-state index is 0.236. The summed E-state index contributed by atoms with van der Waals surface area (Å²) in [4.78, 5) is 35.7. The van der Waals surface area contributed by atoms with Crippen molar-refractivity contribution in [2.45, 2.75) is 25.4 Å². The zero-order valence-corrected chi connectivity index (χ0v) is 11.6. The number of imide groups is 1. The van der Waals surface area contributed by atoms with Gasteiger partial charge in [-0.2, -0.15) is 0 Å². The summed E-state index contributed by atoms with van der Waals surface area (Å²) < 4.78 is 2.95. The molecule has 1 unspecified atom stereocenters. The summed E-state index contributed by atoms with van der Waals surface area (Å²) >= 11 is 0. The van der Waals surface area contributed by atoms with E-state index in [1.807, 2.05) is 12.1 Å². The molecule has 0 saturated carbocycles. The van der Waals surface area contributed by atoms with E-state index in [0.717, 1.165) is 11.1 Å². The van der Waals surface area contributed by atoms with E-state index in [4.69, 9.17) is 5.73 Å².